The van der Waals surface area contributed by atoms with Gasteiger partial charge in [-0.3, -0.25) is 4.79 Å². The minimum absolute atomic E-state index is 0.0404. The van der Waals surface area contributed by atoms with E-state index in [2.05, 4.69) is 22.3 Å². The van der Waals surface area contributed by atoms with Gasteiger partial charge in [0.1, 0.15) is 11.5 Å². The lowest BCUT2D eigenvalue weighted by Crippen LogP contribution is -2.35. The molecule has 2 heterocycles. The van der Waals surface area contributed by atoms with E-state index in [1.54, 1.807) is 18.2 Å². The number of nitrogens with one attached hydrogen (secondary N) is 1. The Morgan fingerprint density at radius 2 is 2.16 bits per heavy atom. The zero-order valence-corrected chi connectivity index (χ0v) is 14.5. The molecule has 0 atom stereocenters. The van der Waals surface area contributed by atoms with Crippen molar-refractivity contribution in [2.24, 2.45) is 5.92 Å². The largest absolute Gasteiger partial charge is 0.359 e. The second-order valence-corrected chi connectivity index (χ2v) is 6.55. The Morgan fingerprint density at radius 3 is 2.88 bits per heavy atom. The van der Waals surface area contributed by atoms with Crippen LogP contribution in [-0.4, -0.2) is 35.6 Å². The molecular formula is C19H24FN3O2. The van der Waals surface area contributed by atoms with E-state index < -0.39 is 0 Å². The van der Waals surface area contributed by atoms with Crippen molar-refractivity contribution >= 4 is 5.91 Å². The molecule has 5 nitrogen and oxygen atoms in total. The van der Waals surface area contributed by atoms with Gasteiger partial charge in [-0.05, 0) is 50.5 Å². The molecule has 0 aliphatic carbocycles. The van der Waals surface area contributed by atoms with Gasteiger partial charge in [-0.25, -0.2) is 4.39 Å². The van der Waals surface area contributed by atoms with E-state index in [0.717, 1.165) is 32.5 Å². The van der Waals surface area contributed by atoms with Gasteiger partial charge in [0.25, 0.3) is 0 Å². The van der Waals surface area contributed by atoms with Crippen LogP contribution in [0.15, 0.2) is 34.9 Å². The lowest BCUT2D eigenvalue weighted by atomic mass is 9.93. The number of likely N-dealkylation sites (tertiary alicyclic amines) is 1. The molecule has 0 saturated carbocycles. The number of amides is 1. The predicted molar refractivity (Wildman–Crippen MR) is 93.2 cm³/mol. The molecule has 3 rings (SSSR count). The van der Waals surface area contributed by atoms with Crippen molar-refractivity contribution < 1.29 is 13.7 Å². The summed E-state index contributed by atoms with van der Waals surface area (Å²) < 4.78 is 18.5. The van der Waals surface area contributed by atoms with Gasteiger partial charge in [-0.1, -0.05) is 24.2 Å². The third-order valence-electron chi connectivity index (χ3n) is 4.77. The maximum atomic E-state index is 13.3. The molecule has 0 radical (unpaired) electrons. The molecule has 1 N–H and O–H groups in total. The summed E-state index contributed by atoms with van der Waals surface area (Å²) in [6.45, 7) is 5.70. The van der Waals surface area contributed by atoms with Gasteiger partial charge in [0.2, 0.25) is 5.91 Å². The molecule has 0 unspecified atom stereocenters. The van der Waals surface area contributed by atoms with Gasteiger partial charge in [-0.2, -0.15) is 0 Å². The Kier molecular flexibility index (Phi) is 5.81. The normalized spacial score (nSPS) is 16.1. The summed E-state index contributed by atoms with van der Waals surface area (Å²) in [5, 5.41) is 6.83. The first-order valence-corrected chi connectivity index (χ1v) is 8.84. The van der Waals surface area contributed by atoms with Crippen molar-refractivity contribution in [3.63, 3.8) is 0 Å². The lowest BCUT2D eigenvalue weighted by molar-refractivity contribution is -0.122. The summed E-state index contributed by atoms with van der Waals surface area (Å²) in [6, 6.07) is 7.92. The fourth-order valence-corrected chi connectivity index (χ4v) is 3.21. The molecule has 25 heavy (non-hydrogen) atoms. The average Bonchev–Trinajstić information content (AvgIpc) is 3.10. The molecule has 6 heteroatoms. The minimum Gasteiger partial charge on any atom is -0.359 e. The summed E-state index contributed by atoms with van der Waals surface area (Å²) in [5.74, 6) is 0.747. The Bertz CT molecular complexity index is 708. The number of piperidine rings is 1. The number of carbonyl (C=O) groups is 1. The van der Waals surface area contributed by atoms with Gasteiger partial charge >= 0.3 is 0 Å². The Labute approximate surface area is 147 Å². The van der Waals surface area contributed by atoms with Crippen molar-refractivity contribution in [3.8, 4) is 11.3 Å². The van der Waals surface area contributed by atoms with Gasteiger partial charge in [0, 0.05) is 18.1 Å². The molecule has 1 aromatic heterocycles. The van der Waals surface area contributed by atoms with Crippen molar-refractivity contribution in [2.75, 3.05) is 19.6 Å². The van der Waals surface area contributed by atoms with E-state index in [1.165, 1.54) is 12.1 Å². The van der Waals surface area contributed by atoms with Crippen LogP contribution in [0.1, 0.15) is 31.9 Å². The second-order valence-electron chi connectivity index (χ2n) is 6.55. The Morgan fingerprint density at radius 1 is 1.36 bits per heavy atom. The molecule has 0 spiro atoms. The third kappa shape index (κ3) is 4.89. The van der Waals surface area contributed by atoms with E-state index in [-0.39, 0.29) is 11.7 Å². The van der Waals surface area contributed by atoms with Crippen LogP contribution in [0, 0.1) is 11.7 Å². The van der Waals surface area contributed by atoms with Gasteiger partial charge in [0.05, 0.1) is 6.54 Å². The molecule has 2 aromatic rings. The number of benzene rings is 1. The van der Waals surface area contributed by atoms with Gasteiger partial charge in [0.15, 0.2) is 5.76 Å². The number of aromatic nitrogens is 1. The molecule has 1 aliphatic heterocycles. The molecule has 1 aromatic carbocycles. The van der Waals surface area contributed by atoms with Crippen molar-refractivity contribution in [2.45, 2.75) is 32.7 Å². The number of nitrogens with zero attached hydrogens (tertiary/aromatic N) is 2. The third-order valence-corrected chi connectivity index (χ3v) is 4.77. The summed E-state index contributed by atoms with van der Waals surface area (Å²) in [5.41, 5.74) is 1.22. The fraction of sp³-hybridized carbons (Fsp3) is 0.474. The van der Waals surface area contributed by atoms with E-state index in [1.807, 2.05) is 0 Å². The number of rotatable bonds is 6. The van der Waals surface area contributed by atoms with Gasteiger partial charge in [-0.15, -0.1) is 0 Å². The van der Waals surface area contributed by atoms with E-state index in [0.29, 0.717) is 35.9 Å². The summed E-state index contributed by atoms with van der Waals surface area (Å²) >= 11 is 0. The van der Waals surface area contributed by atoms with Crippen molar-refractivity contribution in [3.05, 3.63) is 41.9 Å². The zero-order chi connectivity index (χ0) is 17.6. The number of carbonyl (C=O) groups excluding carboxylic acids is 1. The number of hydrogen-bond acceptors (Lipinski definition) is 4. The van der Waals surface area contributed by atoms with Crippen LogP contribution in [0.3, 0.4) is 0 Å². The highest BCUT2D eigenvalue weighted by Gasteiger charge is 2.20. The van der Waals surface area contributed by atoms with Crippen LogP contribution in [0.5, 0.6) is 0 Å². The van der Waals surface area contributed by atoms with Crippen LogP contribution in [0.2, 0.25) is 0 Å². The first kappa shape index (κ1) is 17.6. The first-order valence-electron chi connectivity index (χ1n) is 8.84. The predicted octanol–water partition coefficient (Wildman–Crippen LogP) is 3.22. The molecule has 1 aliphatic rings. The van der Waals surface area contributed by atoms with E-state index in [9.17, 15) is 9.18 Å². The van der Waals surface area contributed by atoms with Crippen LogP contribution in [0.4, 0.5) is 4.39 Å². The SMILES string of the molecule is CCN1CCC(CC(=O)NCc2cc(-c3cccc(F)c3)no2)CC1. The van der Waals surface area contributed by atoms with Crippen LogP contribution < -0.4 is 5.32 Å². The highest BCUT2D eigenvalue weighted by molar-refractivity contribution is 5.76. The van der Waals surface area contributed by atoms with Crippen molar-refractivity contribution in [1.82, 2.24) is 15.4 Å². The van der Waals surface area contributed by atoms with Crippen LogP contribution in [0.25, 0.3) is 11.3 Å². The van der Waals surface area contributed by atoms with Crippen LogP contribution in [-0.2, 0) is 11.3 Å². The average molecular weight is 345 g/mol. The number of hydrogen-bond donors (Lipinski definition) is 1. The minimum atomic E-state index is -0.315. The standard InChI is InChI=1S/C19H24FN3O2/c1-2-23-8-6-14(7-9-23)10-19(24)21-13-17-12-18(22-25-17)15-4-3-5-16(20)11-15/h3-5,11-12,14H,2,6-10,13H2,1H3,(H,21,24). The lowest BCUT2D eigenvalue weighted by Gasteiger charge is -2.30. The van der Waals surface area contributed by atoms with E-state index in [4.69, 9.17) is 4.52 Å². The zero-order valence-electron chi connectivity index (χ0n) is 14.5. The summed E-state index contributed by atoms with van der Waals surface area (Å²) in [7, 11) is 0. The van der Waals surface area contributed by atoms with Crippen LogP contribution >= 0.6 is 0 Å². The summed E-state index contributed by atoms with van der Waals surface area (Å²) in [4.78, 5) is 14.5. The highest BCUT2D eigenvalue weighted by atomic mass is 19.1. The maximum absolute atomic E-state index is 13.3. The number of halogens is 1. The summed E-state index contributed by atoms with van der Waals surface area (Å²) in [6.07, 6.45) is 2.71. The molecular weight excluding hydrogens is 321 g/mol. The molecule has 1 fully saturated rings. The quantitative estimate of drug-likeness (QED) is 0.873. The molecule has 1 saturated heterocycles. The van der Waals surface area contributed by atoms with E-state index >= 15 is 0 Å². The fourth-order valence-electron chi connectivity index (χ4n) is 3.21. The monoisotopic (exact) mass is 345 g/mol. The highest BCUT2D eigenvalue weighted by Crippen LogP contribution is 2.21. The first-order chi connectivity index (χ1) is 12.1. The Hall–Kier alpha value is -2.21. The molecule has 0 bridgehead atoms. The smallest absolute Gasteiger partial charge is 0.220 e. The molecule has 1 amide bonds. The second kappa shape index (κ2) is 8.25. The topological polar surface area (TPSA) is 58.4 Å². The maximum Gasteiger partial charge on any atom is 0.220 e. The molecule has 134 valence electrons. The van der Waals surface area contributed by atoms with Gasteiger partial charge < -0.3 is 14.7 Å². The van der Waals surface area contributed by atoms with Crippen molar-refractivity contribution in [1.29, 1.82) is 0 Å². The Balaban J connectivity index is 1.47.